The Kier molecular flexibility index (Phi) is 5.26. The highest BCUT2D eigenvalue weighted by molar-refractivity contribution is 6.64. The minimum absolute atomic E-state index is 0.0752. The van der Waals surface area contributed by atoms with Gasteiger partial charge >= 0.3 is 0 Å². The van der Waals surface area contributed by atoms with Gasteiger partial charge in [-0.1, -0.05) is 46.8 Å². The Hall–Kier alpha value is -0.630. The number of halogens is 1. The van der Waals surface area contributed by atoms with E-state index in [2.05, 4.69) is 48.1 Å². The fraction of sp³-hybridized carbons (Fsp3) is 0.867. The zero-order chi connectivity index (χ0) is 24.2. The molecule has 5 aliphatic carbocycles. The van der Waals surface area contributed by atoms with Gasteiger partial charge in [-0.15, -0.1) is 0 Å². The Labute approximate surface area is 206 Å². The SMILES string of the molecule is C=C(C)[C@@H]1CC[C@]2(C(=O)Cl)CC[C@@]3(C)[C@H](CC[C@@H]4[C@@]5(C)CCC(=O)C(C)(C)[C@@H]5CC[C@]43C)[C@@H]12. The van der Waals surface area contributed by atoms with Crippen LogP contribution in [-0.2, 0) is 9.59 Å². The second-order valence-corrected chi connectivity index (χ2v) is 14.6. The first kappa shape index (κ1) is 24.1. The molecule has 0 aromatic rings. The highest BCUT2D eigenvalue weighted by Crippen LogP contribution is 2.77. The molecule has 0 amide bonds. The monoisotopic (exact) mass is 472 g/mol. The first-order chi connectivity index (χ1) is 15.3. The third kappa shape index (κ3) is 2.80. The molecule has 3 heteroatoms. The van der Waals surface area contributed by atoms with Crippen LogP contribution in [-0.4, -0.2) is 11.0 Å². The second-order valence-electron chi connectivity index (χ2n) is 14.3. The topological polar surface area (TPSA) is 34.1 Å². The number of allylic oxidation sites excluding steroid dienone is 1. The second kappa shape index (κ2) is 7.21. The molecule has 0 radical (unpaired) electrons. The Morgan fingerprint density at radius 3 is 2.21 bits per heavy atom. The third-order valence-electron chi connectivity index (χ3n) is 13.2. The van der Waals surface area contributed by atoms with Gasteiger partial charge in [-0.25, -0.2) is 0 Å². The normalized spacial score (nSPS) is 52.8. The summed E-state index contributed by atoms with van der Waals surface area (Å²) in [6.07, 6.45) is 10.7. The van der Waals surface area contributed by atoms with Crippen molar-refractivity contribution >= 4 is 22.6 Å². The summed E-state index contributed by atoms with van der Waals surface area (Å²) >= 11 is 6.42. The van der Waals surface area contributed by atoms with E-state index in [0.717, 1.165) is 38.5 Å². The van der Waals surface area contributed by atoms with E-state index in [0.29, 0.717) is 35.4 Å². The maximum Gasteiger partial charge on any atom is 0.228 e. The molecule has 184 valence electrons. The molecule has 5 fully saturated rings. The van der Waals surface area contributed by atoms with Crippen molar-refractivity contribution in [2.75, 3.05) is 0 Å². The van der Waals surface area contributed by atoms with Crippen LogP contribution in [0.3, 0.4) is 0 Å². The van der Waals surface area contributed by atoms with Crippen molar-refractivity contribution < 1.29 is 9.59 Å². The Morgan fingerprint density at radius 2 is 1.58 bits per heavy atom. The average Bonchev–Trinajstić information content (AvgIpc) is 3.13. The van der Waals surface area contributed by atoms with Gasteiger partial charge in [0.1, 0.15) is 5.78 Å². The lowest BCUT2D eigenvalue weighted by atomic mass is 9.32. The van der Waals surface area contributed by atoms with Crippen LogP contribution in [0.4, 0.5) is 0 Å². The van der Waals surface area contributed by atoms with E-state index in [4.69, 9.17) is 11.6 Å². The summed E-state index contributed by atoms with van der Waals surface area (Å²) in [6.45, 7) is 18.7. The molecule has 0 aliphatic heterocycles. The summed E-state index contributed by atoms with van der Waals surface area (Å²) in [5.41, 5.74) is 1.42. The van der Waals surface area contributed by atoms with Gasteiger partial charge in [0.15, 0.2) is 0 Å². The Balaban J connectivity index is 1.57. The lowest BCUT2D eigenvalue weighted by Gasteiger charge is -2.72. The van der Waals surface area contributed by atoms with Crippen LogP contribution < -0.4 is 0 Å². The van der Waals surface area contributed by atoms with Gasteiger partial charge in [-0.3, -0.25) is 9.59 Å². The van der Waals surface area contributed by atoms with Crippen molar-refractivity contribution in [3.05, 3.63) is 12.2 Å². The molecular weight excluding hydrogens is 428 g/mol. The number of rotatable bonds is 2. The van der Waals surface area contributed by atoms with Crippen molar-refractivity contribution in [3.8, 4) is 0 Å². The summed E-state index contributed by atoms with van der Waals surface area (Å²) in [7, 11) is 0. The van der Waals surface area contributed by atoms with Crippen LogP contribution in [0.1, 0.15) is 106 Å². The molecule has 0 bridgehead atoms. The number of Topliss-reactive ketones (excluding diaryl/α,β-unsaturated/α-hetero) is 1. The highest BCUT2D eigenvalue weighted by Gasteiger charge is 2.71. The molecule has 5 rings (SSSR count). The van der Waals surface area contributed by atoms with Crippen molar-refractivity contribution in [1.82, 2.24) is 0 Å². The van der Waals surface area contributed by atoms with Crippen LogP contribution in [0.15, 0.2) is 12.2 Å². The van der Waals surface area contributed by atoms with Crippen LogP contribution in [0.5, 0.6) is 0 Å². The van der Waals surface area contributed by atoms with E-state index in [1.807, 2.05) is 0 Å². The molecule has 0 aromatic heterocycles. The molecule has 0 aromatic carbocycles. The summed E-state index contributed by atoms with van der Waals surface area (Å²) in [4.78, 5) is 25.9. The van der Waals surface area contributed by atoms with Crippen LogP contribution >= 0.6 is 11.6 Å². The van der Waals surface area contributed by atoms with Crippen LogP contribution in [0.2, 0.25) is 0 Å². The van der Waals surface area contributed by atoms with Crippen molar-refractivity contribution in [2.24, 2.45) is 56.7 Å². The lowest BCUT2D eigenvalue weighted by Crippen LogP contribution is -2.66. The summed E-state index contributed by atoms with van der Waals surface area (Å²) in [5, 5.41) is -0.0752. The molecule has 0 heterocycles. The quantitative estimate of drug-likeness (QED) is 0.301. The highest BCUT2D eigenvalue weighted by atomic mass is 35.5. The predicted molar refractivity (Wildman–Crippen MR) is 135 cm³/mol. The molecule has 5 saturated carbocycles. The van der Waals surface area contributed by atoms with E-state index in [1.54, 1.807) is 0 Å². The maximum absolute atomic E-state index is 13.0. The molecular formula is C30H45ClO2. The number of carbonyl (C=O) groups excluding carboxylic acids is 2. The van der Waals surface area contributed by atoms with Gasteiger partial charge in [-0.05, 0) is 122 Å². The van der Waals surface area contributed by atoms with Gasteiger partial charge in [0.05, 0.1) is 0 Å². The van der Waals surface area contributed by atoms with E-state index in [-0.39, 0.29) is 32.3 Å². The summed E-state index contributed by atoms with van der Waals surface area (Å²) in [6, 6.07) is 0. The zero-order valence-corrected chi connectivity index (χ0v) is 22.6. The van der Waals surface area contributed by atoms with Gasteiger partial charge in [0.25, 0.3) is 0 Å². The number of hydrogen-bond donors (Lipinski definition) is 0. The number of carbonyl (C=O) groups is 2. The fourth-order valence-electron chi connectivity index (χ4n) is 11.3. The zero-order valence-electron chi connectivity index (χ0n) is 21.9. The molecule has 33 heavy (non-hydrogen) atoms. The molecule has 0 N–H and O–H groups in total. The molecule has 2 nitrogen and oxygen atoms in total. The van der Waals surface area contributed by atoms with E-state index < -0.39 is 0 Å². The van der Waals surface area contributed by atoms with Crippen LogP contribution in [0, 0.1) is 56.7 Å². The number of fused-ring (bicyclic) bond motifs is 7. The number of hydrogen-bond acceptors (Lipinski definition) is 2. The molecule has 9 atom stereocenters. The Morgan fingerprint density at radius 1 is 0.879 bits per heavy atom. The van der Waals surface area contributed by atoms with Crippen molar-refractivity contribution in [3.63, 3.8) is 0 Å². The fourth-order valence-corrected chi connectivity index (χ4v) is 11.6. The van der Waals surface area contributed by atoms with E-state index in [9.17, 15) is 9.59 Å². The maximum atomic E-state index is 13.0. The molecule has 0 unspecified atom stereocenters. The van der Waals surface area contributed by atoms with E-state index >= 15 is 0 Å². The van der Waals surface area contributed by atoms with Gasteiger partial charge in [0, 0.05) is 17.3 Å². The Bertz CT molecular complexity index is 905. The first-order valence-corrected chi connectivity index (χ1v) is 14.0. The minimum Gasteiger partial charge on any atom is -0.299 e. The third-order valence-corrected chi connectivity index (χ3v) is 13.6. The lowest BCUT2D eigenvalue weighted by molar-refractivity contribution is -0.231. The van der Waals surface area contributed by atoms with Crippen molar-refractivity contribution in [2.45, 2.75) is 106 Å². The van der Waals surface area contributed by atoms with Gasteiger partial charge < -0.3 is 0 Å². The van der Waals surface area contributed by atoms with Crippen LogP contribution in [0.25, 0.3) is 0 Å². The minimum atomic E-state index is -0.334. The summed E-state index contributed by atoms with van der Waals surface area (Å²) < 4.78 is 0. The summed E-state index contributed by atoms with van der Waals surface area (Å²) in [5.74, 6) is 2.94. The van der Waals surface area contributed by atoms with Gasteiger partial charge in [-0.2, -0.15) is 0 Å². The first-order valence-electron chi connectivity index (χ1n) is 13.6. The van der Waals surface area contributed by atoms with Gasteiger partial charge in [0.2, 0.25) is 5.24 Å². The molecule has 0 saturated heterocycles. The molecule has 0 spiro atoms. The van der Waals surface area contributed by atoms with Crippen molar-refractivity contribution in [1.29, 1.82) is 0 Å². The van der Waals surface area contributed by atoms with E-state index in [1.165, 1.54) is 31.3 Å². The largest absolute Gasteiger partial charge is 0.299 e. The standard InChI is InChI=1S/C30H45ClO2/c1-18(2)19-10-15-30(25(31)33)17-16-28(6)20(24(19)30)8-9-22-27(5)13-12-23(32)26(3,4)21(27)11-14-29(22,28)7/h19-22,24H,1,8-17H2,2-7H3/t19-,20+,21-,22+,24+,27-,28-,29+,30-/m0/s1. The number of ketones is 1. The average molecular weight is 473 g/mol. The molecule has 5 aliphatic rings. The predicted octanol–water partition coefficient (Wildman–Crippen LogP) is 7.98. The smallest absolute Gasteiger partial charge is 0.228 e.